The molecule has 0 radical (unpaired) electrons. The fraction of sp³-hybridized carbons (Fsp3) is 0.0400. The van der Waals surface area contributed by atoms with Gasteiger partial charge in [0.1, 0.15) is 12.4 Å². The largest absolute Gasteiger partial charge is 0.487 e. The summed E-state index contributed by atoms with van der Waals surface area (Å²) in [4.78, 5) is 20.2. The molecular formula is C25H19ClN4O3. The molecule has 0 saturated carbocycles. The van der Waals surface area contributed by atoms with Crippen LogP contribution in [0.1, 0.15) is 16.1 Å². The number of carboxylic acid groups (broad SMARTS) is 1. The summed E-state index contributed by atoms with van der Waals surface area (Å²) < 4.78 is 5.86. The molecule has 7 nitrogen and oxygen atoms in total. The van der Waals surface area contributed by atoms with Gasteiger partial charge in [-0.15, -0.1) is 12.4 Å². The second kappa shape index (κ2) is 9.50. The molecule has 0 aliphatic rings. The van der Waals surface area contributed by atoms with E-state index < -0.39 is 5.97 Å². The number of pyridine rings is 2. The first kappa shape index (κ1) is 22.0. The molecule has 33 heavy (non-hydrogen) atoms. The number of carbonyl (C=O) groups is 1. The normalized spacial score (nSPS) is 10.5. The van der Waals surface area contributed by atoms with Crippen molar-refractivity contribution in [3.05, 3.63) is 96.6 Å². The number of halogens is 1. The van der Waals surface area contributed by atoms with Gasteiger partial charge in [-0.3, -0.25) is 10.1 Å². The van der Waals surface area contributed by atoms with E-state index in [1.807, 2.05) is 60.7 Å². The lowest BCUT2D eigenvalue weighted by atomic mass is 10.0. The third-order valence-electron chi connectivity index (χ3n) is 5.18. The van der Waals surface area contributed by atoms with E-state index in [1.54, 1.807) is 24.7 Å². The lowest BCUT2D eigenvalue weighted by Crippen LogP contribution is -2.08. The average Bonchev–Trinajstić information content (AvgIpc) is 3.33. The number of rotatable bonds is 6. The number of hydrogen-bond acceptors (Lipinski definition) is 5. The van der Waals surface area contributed by atoms with E-state index in [0.717, 1.165) is 33.3 Å². The molecule has 0 fully saturated rings. The summed E-state index contributed by atoms with van der Waals surface area (Å²) in [6.45, 7) is 0.0537. The fourth-order valence-corrected chi connectivity index (χ4v) is 3.58. The molecule has 0 bridgehead atoms. The van der Waals surface area contributed by atoms with Crippen LogP contribution in [0.15, 0.2) is 85.3 Å². The molecule has 0 amide bonds. The van der Waals surface area contributed by atoms with Gasteiger partial charge in [-0.2, -0.15) is 5.10 Å². The van der Waals surface area contributed by atoms with Crippen molar-refractivity contribution in [1.29, 1.82) is 0 Å². The Morgan fingerprint density at radius 2 is 1.73 bits per heavy atom. The zero-order valence-corrected chi connectivity index (χ0v) is 18.1. The molecule has 0 atom stereocenters. The minimum absolute atomic E-state index is 0. The second-order valence-corrected chi connectivity index (χ2v) is 7.19. The molecule has 0 saturated heterocycles. The van der Waals surface area contributed by atoms with Crippen LogP contribution in [0, 0.1) is 0 Å². The summed E-state index contributed by atoms with van der Waals surface area (Å²) in [6.07, 6.45) is 5.28. The van der Waals surface area contributed by atoms with E-state index in [9.17, 15) is 9.90 Å². The molecule has 164 valence electrons. The predicted molar refractivity (Wildman–Crippen MR) is 128 cm³/mol. The van der Waals surface area contributed by atoms with E-state index in [-0.39, 0.29) is 24.6 Å². The molecule has 0 unspecified atom stereocenters. The van der Waals surface area contributed by atoms with Crippen molar-refractivity contribution >= 4 is 29.3 Å². The Morgan fingerprint density at radius 1 is 0.970 bits per heavy atom. The highest BCUT2D eigenvalue weighted by Gasteiger charge is 2.14. The maximum atomic E-state index is 11.7. The first-order chi connectivity index (χ1) is 15.7. The topological polar surface area (TPSA) is 101 Å². The van der Waals surface area contributed by atoms with E-state index >= 15 is 0 Å². The van der Waals surface area contributed by atoms with E-state index in [2.05, 4.69) is 20.2 Å². The molecule has 8 heteroatoms. The molecule has 2 aromatic carbocycles. The van der Waals surface area contributed by atoms with Gasteiger partial charge in [0.15, 0.2) is 0 Å². The van der Waals surface area contributed by atoms with Gasteiger partial charge >= 0.3 is 5.97 Å². The monoisotopic (exact) mass is 458 g/mol. The van der Waals surface area contributed by atoms with Gasteiger partial charge in [0, 0.05) is 28.9 Å². The van der Waals surface area contributed by atoms with Crippen molar-refractivity contribution in [1.82, 2.24) is 20.2 Å². The van der Waals surface area contributed by atoms with Crippen molar-refractivity contribution < 1.29 is 14.6 Å². The number of hydrogen-bond donors (Lipinski definition) is 2. The molecule has 3 heterocycles. The molecule has 5 aromatic rings. The van der Waals surface area contributed by atoms with Crippen molar-refractivity contribution in [2.24, 2.45) is 0 Å². The number of aromatic amines is 1. The second-order valence-electron chi connectivity index (χ2n) is 7.19. The zero-order valence-electron chi connectivity index (χ0n) is 17.3. The van der Waals surface area contributed by atoms with Gasteiger partial charge in [-0.1, -0.05) is 18.2 Å². The number of para-hydroxylation sites is 1. The summed E-state index contributed by atoms with van der Waals surface area (Å²) in [7, 11) is 0. The summed E-state index contributed by atoms with van der Waals surface area (Å²) in [5, 5.41) is 17.6. The molecule has 0 spiro atoms. The Hall–Kier alpha value is -4.23. The van der Waals surface area contributed by atoms with Gasteiger partial charge < -0.3 is 9.84 Å². The van der Waals surface area contributed by atoms with E-state index in [0.29, 0.717) is 11.4 Å². The van der Waals surface area contributed by atoms with Crippen LogP contribution >= 0.6 is 12.4 Å². The molecule has 2 N–H and O–H groups in total. The summed E-state index contributed by atoms with van der Waals surface area (Å²) in [5.74, 6) is -0.412. The maximum Gasteiger partial charge on any atom is 0.337 e. The molecule has 0 aliphatic carbocycles. The summed E-state index contributed by atoms with van der Waals surface area (Å²) >= 11 is 0. The lowest BCUT2D eigenvalue weighted by molar-refractivity contribution is 0.0693. The van der Waals surface area contributed by atoms with Gasteiger partial charge in [-0.05, 0) is 54.1 Å². The Bertz CT molecular complexity index is 1400. The van der Waals surface area contributed by atoms with E-state index in [4.69, 9.17) is 4.74 Å². The zero-order chi connectivity index (χ0) is 21.9. The number of ether oxygens (including phenoxy) is 1. The number of aromatic carboxylic acids is 1. The minimum Gasteiger partial charge on any atom is -0.487 e. The van der Waals surface area contributed by atoms with Gasteiger partial charge in [0.05, 0.1) is 28.7 Å². The Morgan fingerprint density at radius 3 is 2.48 bits per heavy atom. The highest BCUT2D eigenvalue weighted by atomic mass is 35.5. The van der Waals surface area contributed by atoms with Gasteiger partial charge in [-0.25, -0.2) is 9.78 Å². The number of benzene rings is 2. The first-order valence-corrected chi connectivity index (χ1v) is 9.98. The molecular weight excluding hydrogens is 440 g/mol. The first-order valence-electron chi connectivity index (χ1n) is 9.98. The van der Waals surface area contributed by atoms with Gasteiger partial charge in [0.25, 0.3) is 0 Å². The quantitative estimate of drug-likeness (QED) is 0.354. The third-order valence-corrected chi connectivity index (χ3v) is 5.18. The maximum absolute atomic E-state index is 11.7. The smallest absolute Gasteiger partial charge is 0.337 e. The highest BCUT2D eigenvalue weighted by Crippen LogP contribution is 2.31. The standard InChI is InChI=1S/C25H18N4O3.ClH/c30-25(31)20-13-18-3-1-2-4-22(18)28-23(20)15-32-19-7-5-17(6-8-19)24-21(14-27-29-24)16-9-11-26-12-10-16;/h1-14H,15H2,(H,27,29)(H,30,31);1H. The van der Waals surface area contributed by atoms with E-state index in [1.165, 1.54) is 0 Å². The number of nitrogens with zero attached hydrogens (tertiary/aromatic N) is 3. The Kier molecular flexibility index (Phi) is 6.33. The summed E-state index contributed by atoms with van der Waals surface area (Å²) in [5.41, 5.74) is 5.10. The average molecular weight is 459 g/mol. The summed E-state index contributed by atoms with van der Waals surface area (Å²) in [6, 6.07) is 20.5. The fourth-order valence-electron chi connectivity index (χ4n) is 3.58. The molecule has 3 aromatic heterocycles. The van der Waals surface area contributed by atoms with Crippen molar-refractivity contribution in [3.63, 3.8) is 0 Å². The van der Waals surface area contributed by atoms with Crippen molar-refractivity contribution in [3.8, 4) is 28.1 Å². The van der Waals surface area contributed by atoms with Crippen LogP contribution in [0.5, 0.6) is 5.75 Å². The van der Waals surface area contributed by atoms with Crippen LogP contribution in [-0.2, 0) is 6.61 Å². The van der Waals surface area contributed by atoms with Crippen LogP contribution in [-0.4, -0.2) is 31.2 Å². The van der Waals surface area contributed by atoms with Crippen LogP contribution in [0.3, 0.4) is 0 Å². The van der Waals surface area contributed by atoms with Gasteiger partial charge in [0.2, 0.25) is 0 Å². The highest BCUT2D eigenvalue weighted by molar-refractivity contribution is 5.94. The lowest BCUT2D eigenvalue weighted by Gasteiger charge is -2.10. The van der Waals surface area contributed by atoms with Crippen LogP contribution in [0.2, 0.25) is 0 Å². The number of nitrogens with one attached hydrogen (secondary N) is 1. The predicted octanol–water partition coefficient (Wildman–Crippen LogP) is 5.39. The minimum atomic E-state index is -1.03. The molecule has 0 aliphatic heterocycles. The number of H-pyrrole nitrogens is 1. The van der Waals surface area contributed by atoms with Crippen molar-refractivity contribution in [2.45, 2.75) is 6.61 Å². The molecule has 5 rings (SSSR count). The Labute approximate surface area is 195 Å². The van der Waals surface area contributed by atoms with Crippen LogP contribution in [0.4, 0.5) is 0 Å². The Balaban J connectivity index is 0.00000259. The number of carboxylic acids is 1. The number of aromatic nitrogens is 4. The number of fused-ring (bicyclic) bond motifs is 1. The van der Waals surface area contributed by atoms with Crippen LogP contribution < -0.4 is 4.74 Å². The van der Waals surface area contributed by atoms with Crippen molar-refractivity contribution in [2.75, 3.05) is 0 Å². The van der Waals surface area contributed by atoms with Crippen LogP contribution in [0.25, 0.3) is 33.3 Å². The SMILES string of the molecule is Cl.O=C(O)c1cc2ccccc2nc1COc1ccc(-c2[nH]ncc2-c2ccncc2)cc1. The third kappa shape index (κ3) is 4.53.